The van der Waals surface area contributed by atoms with Crippen molar-refractivity contribution in [1.82, 2.24) is 9.62 Å². The van der Waals surface area contributed by atoms with Gasteiger partial charge in [0.25, 0.3) is 0 Å². The summed E-state index contributed by atoms with van der Waals surface area (Å²) in [7, 11) is -4.10. The number of aliphatic hydroxyl groups is 1. The van der Waals surface area contributed by atoms with E-state index in [9.17, 15) is 9.90 Å². The van der Waals surface area contributed by atoms with Crippen LogP contribution in [0.25, 0.3) is 11.1 Å². The molecule has 0 radical (unpaired) electrons. The van der Waals surface area contributed by atoms with Crippen LogP contribution in [-0.2, 0) is 38.8 Å². The Hall–Kier alpha value is -4.02. The molecule has 1 aliphatic heterocycles. The molecule has 4 aromatic carbocycles. The highest BCUT2D eigenvalue weighted by Crippen LogP contribution is 2.42. The van der Waals surface area contributed by atoms with E-state index >= 15 is 8.42 Å². The number of hydrogen-bond acceptors (Lipinski definition) is 6. The second kappa shape index (κ2) is 16.3. The van der Waals surface area contributed by atoms with Crippen LogP contribution in [0.5, 0.6) is 0 Å². The topological polar surface area (TPSA) is 105 Å². The number of carbonyl (C=O) groups excluding carboxylic acids is 1. The predicted molar refractivity (Wildman–Crippen MR) is 195 cm³/mol. The van der Waals surface area contributed by atoms with E-state index in [0.717, 1.165) is 45.4 Å². The molecule has 6 rings (SSSR count). The molecule has 2 aliphatic rings. The Labute approximate surface area is 296 Å². The number of sulfonamides is 1. The minimum Gasteiger partial charge on any atom is -0.444 e. The third-order valence-corrected chi connectivity index (χ3v) is 11.5. The van der Waals surface area contributed by atoms with Gasteiger partial charge in [-0.25, -0.2) is 13.2 Å². The summed E-state index contributed by atoms with van der Waals surface area (Å²) in [4.78, 5) is 12.6. The first kappa shape index (κ1) is 35.8. The van der Waals surface area contributed by atoms with Gasteiger partial charge in [-0.05, 0) is 76.6 Å². The Kier molecular flexibility index (Phi) is 11.7. The average molecular weight is 697 g/mol. The first-order valence-corrected chi connectivity index (χ1v) is 19.2. The van der Waals surface area contributed by atoms with E-state index in [2.05, 4.69) is 17.4 Å². The number of carbonyl (C=O) groups is 1. The molecule has 1 unspecified atom stereocenters. The second-order valence-electron chi connectivity index (χ2n) is 13.8. The summed E-state index contributed by atoms with van der Waals surface area (Å²) < 4.78 is 42.6. The van der Waals surface area contributed by atoms with Gasteiger partial charge in [-0.15, -0.1) is 0 Å². The second-order valence-corrected chi connectivity index (χ2v) is 15.6. The Morgan fingerprint density at radius 2 is 1.66 bits per heavy atom. The van der Waals surface area contributed by atoms with Gasteiger partial charge in [-0.3, -0.25) is 0 Å². The molecule has 1 amide bonds. The molecule has 1 aliphatic carbocycles. The molecule has 264 valence electrons. The zero-order valence-corrected chi connectivity index (χ0v) is 29.8. The first-order chi connectivity index (χ1) is 24.2. The van der Waals surface area contributed by atoms with Crippen LogP contribution < -0.4 is 5.32 Å². The molecule has 0 saturated carbocycles. The largest absolute Gasteiger partial charge is 0.444 e. The van der Waals surface area contributed by atoms with Crippen LogP contribution in [0.4, 0.5) is 4.79 Å². The molecule has 0 spiro atoms. The fourth-order valence-corrected chi connectivity index (χ4v) is 9.29. The fourth-order valence-electron chi connectivity index (χ4n) is 7.24. The van der Waals surface area contributed by atoms with Crippen molar-refractivity contribution in [3.05, 3.63) is 125 Å². The van der Waals surface area contributed by atoms with Crippen LogP contribution in [-0.4, -0.2) is 62.4 Å². The normalized spacial score (nSPS) is 18.8. The summed E-state index contributed by atoms with van der Waals surface area (Å²) in [6.07, 6.45) is 2.09. The van der Waals surface area contributed by atoms with Gasteiger partial charge in [0.2, 0.25) is 10.0 Å². The Balaban J connectivity index is 1.38. The van der Waals surface area contributed by atoms with Gasteiger partial charge in [0.15, 0.2) is 0 Å². The van der Waals surface area contributed by atoms with E-state index in [4.69, 9.17) is 9.47 Å². The lowest BCUT2D eigenvalue weighted by Crippen LogP contribution is -2.41. The molecule has 0 aromatic heterocycles. The number of aliphatic hydroxyl groups excluding tert-OH is 1. The highest BCUT2D eigenvalue weighted by molar-refractivity contribution is 7.89. The summed E-state index contributed by atoms with van der Waals surface area (Å²) in [5.74, 6) is 0.0331. The standard InChI is InChI=1S/C41H48N2O6S/c1-29(2)27-43(40-35-18-10-9-17-32(35)26-38(40)44)50(46,47)39-21-20-34(31-15-7-4-8-16-31)36(37(39)25-30-13-5-3-6-14-30)19-11-12-23-42-41(45)49-33-22-24-48-28-33/h3-10,13-18,20-21,29,33,38,40,44H,11-12,19,22-28H2,1-2H3,(H,42,45)/t33?,38-,40-/m0/s1. The van der Waals surface area contributed by atoms with Crippen LogP contribution >= 0.6 is 0 Å². The van der Waals surface area contributed by atoms with Crippen LogP contribution in [0.3, 0.4) is 0 Å². The number of unbranched alkanes of at least 4 members (excludes halogenated alkanes) is 1. The maximum Gasteiger partial charge on any atom is 0.407 e. The van der Waals surface area contributed by atoms with Crippen molar-refractivity contribution in [3.8, 4) is 11.1 Å². The van der Waals surface area contributed by atoms with Crippen LogP contribution in [0.1, 0.15) is 67.0 Å². The van der Waals surface area contributed by atoms with Crippen molar-refractivity contribution in [2.45, 2.75) is 75.5 Å². The highest BCUT2D eigenvalue weighted by atomic mass is 32.2. The number of hydrogen-bond donors (Lipinski definition) is 2. The Bertz CT molecular complexity index is 1840. The van der Waals surface area contributed by atoms with Crippen molar-refractivity contribution >= 4 is 16.1 Å². The number of ether oxygens (including phenoxy) is 2. The summed E-state index contributed by atoms with van der Waals surface area (Å²) in [6.45, 7) is 5.77. The number of rotatable bonds is 14. The molecule has 2 N–H and O–H groups in total. The molecule has 1 fully saturated rings. The van der Waals surface area contributed by atoms with Crippen molar-refractivity contribution in [3.63, 3.8) is 0 Å². The third-order valence-electron chi connectivity index (χ3n) is 9.59. The van der Waals surface area contributed by atoms with Gasteiger partial charge in [-0.2, -0.15) is 4.31 Å². The van der Waals surface area contributed by atoms with Gasteiger partial charge >= 0.3 is 6.09 Å². The minimum absolute atomic E-state index is 0.0331. The summed E-state index contributed by atoms with van der Waals surface area (Å²) >= 11 is 0. The van der Waals surface area contributed by atoms with Crippen LogP contribution in [0.2, 0.25) is 0 Å². The molecular formula is C41H48N2O6S. The van der Waals surface area contributed by atoms with E-state index in [1.54, 1.807) is 10.4 Å². The van der Waals surface area contributed by atoms with Gasteiger partial charge in [-0.1, -0.05) is 105 Å². The maximum absolute atomic E-state index is 15.2. The monoisotopic (exact) mass is 696 g/mol. The summed E-state index contributed by atoms with van der Waals surface area (Å²) in [5.41, 5.74) is 6.60. The lowest BCUT2D eigenvalue weighted by molar-refractivity contribution is 0.0831. The van der Waals surface area contributed by atoms with Gasteiger partial charge < -0.3 is 19.9 Å². The SMILES string of the molecule is CC(C)CN([C@H]1c2ccccc2C[C@@H]1O)S(=O)(=O)c1ccc(-c2ccccc2)c(CCCCNC(=O)OC2CCOC2)c1Cc1ccccc1. The molecule has 9 heteroatoms. The predicted octanol–water partition coefficient (Wildman–Crippen LogP) is 7.09. The van der Waals surface area contributed by atoms with Gasteiger partial charge in [0.05, 0.1) is 30.3 Å². The molecule has 8 nitrogen and oxygen atoms in total. The van der Waals surface area contributed by atoms with Crippen LogP contribution in [0, 0.1) is 5.92 Å². The van der Waals surface area contributed by atoms with E-state index in [1.165, 1.54) is 0 Å². The zero-order chi connectivity index (χ0) is 35.1. The number of fused-ring (bicyclic) bond motifs is 1. The molecule has 3 atom stereocenters. The van der Waals surface area contributed by atoms with E-state index in [0.29, 0.717) is 51.9 Å². The molecule has 0 bridgehead atoms. The van der Waals surface area contributed by atoms with Crippen molar-refractivity contribution in [2.75, 3.05) is 26.3 Å². The van der Waals surface area contributed by atoms with Crippen molar-refractivity contribution in [1.29, 1.82) is 0 Å². The van der Waals surface area contributed by atoms with E-state index < -0.39 is 28.3 Å². The highest BCUT2D eigenvalue weighted by Gasteiger charge is 2.42. The molecule has 4 aromatic rings. The quantitative estimate of drug-likeness (QED) is 0.137. The summed E-state index contributed by atoms with van der Waals surface area (Å²) in [6, 6.07) is 30.9. The fraction of sp³-hybridized carbons (Fsp3) is 0.390. The zero-order valence-electron chi connectivity index (χ0n) is 29.0. The molecular weight excluding hydrogens is 649 g/mol. The van der Waals surface area contributed by atoms with E-state index in [-0.39, 0.29) is 23.5 Å². The Morgan fingerprint density at radius 1 is 0.940 bits per heavy atom. The van der Waals surface area contributed by atoms with Gasteiger partial charge in [0.1, 0.15) is 6.10 Å². The summed E-state index contributed by atoms with van der Waals surface area (Å²) in [5, 5.41) is 14.3. The maximum atomic E-state index is 15.2. The van der Waals surface area contributed by atoms with Crippen molar-refractivity contribution < 1.29 is 27.8 Å². The van der Waals surface area contributed by atoms with Crippen molar-refractivity contribution in [2.24, 2.45) is 5.92 Å². The Morgan fingerprint density at radius 3 is 2.38 bits per heavy atom. The van der Waals surface area contributed by atoms with E-state index in [1.807, 2.05) is 92.7 Å². The van der Waals surface area contributed by atoms with Gasteiger partial charge in [0, 0.05) is 25.9 Å². The minimum atomic E-state index is -4.10. The smallest absolute Gasteiger partial charge is 0.407 e. The molecule has 1 heterocycles. The number of benzene rings is 4. The number of alkyl carbamates (subject to hydrolysis) is 1. The average Bonchev–Trinajstić information content (AvgIpc) is 3.74. The third kappa shape index (κ3) is 8.29. The number of nitrogens with zero attached hydrogens (tertiary/aromatic N) is 1. The number of nitrogens with one attached hydrogen (secondary N) is 1. The first-order valence-electron chi connectivity index (χ1n) is 17.8. The lowest BCUT2D eigenvalue weighted by atomic mass is 9.89. The molecule has 1 saturated heterocycles. The molecule has 50 heavy (non-hydrogen) atoms. The van der Waals surface area contributed by atoms with Crippen LogP contribution in [0.15, 0.2) is 102 Å². The lowest BCUT2D eigenvalue weighted by Gasteiger charge is -2.33. The number of amides is 1.